The van der Waals surface area contributed by atoms with Gasteiger partial charge < -0.3 is 14.4 Å². The van der Waals surface area contributed by atoms with E-state index in [1.165, 1.54) is 12.7 Å². The van der Waals surface area contributed by atoms with Gasteiger partial charge in [0.25, 0.3) is 0 Å². The molecule has 0 saturated carbocycles. The van der Waals surface area contributed by atoms with Gasteiger partial charge in [0.15, 0.2) is 0 Å². The van der Waals surface area contributed by atoms with Crippen LogP contribution in [-0.4, -0.2) is 56.7 Å². The zero-order valence-electron chi connectivity index (χ0n) is 13.4. The van der Waals surface area contributed by atoms with E-state index < -0.39 is 0 Å². The van der Waals surface area contributed by atoms with Crippen LogP contribution in [-0.2, 0) is 25.6 Å². The van der Waals surface area contributed by atoms with Gasteiger partial charge in [-0.15, -0.1) is 0 Å². The van der Waals surface area contributed by atoms with Crippen LogP contribution in [0.3, 0.4) is 0 Å². The molecule has 0 radical (unpaired) electrons. The van der Waals surface area contributed by atoms with Gasteiger partial charge in [0.1, 0.15) is 0 Å². The van der Waals surface area contributed by atoms with Gasteiger partial charge in [-0.25, -0.2) is 0 Å². The number of carbonyl (C=O) groups is 2. The summed E-state index contributed by atoms with van der Waals surface area (Å²) in [5.74, 6) is -0.702. The first-order valence-corrected chi connectivity index (χ1v) is 7.94. The van der Waals surface area contributed by atoms with E-state index in [0.717, 1.165) is 38.5 Å². The molecule has 124 valence electrons. The number of anilines is 1. The van der Waals surface area contributed by atoms with Crippen molar-refractivity contribution >= 4 is 17.6 Å². The van der Waals surface area contributed by atoms with Crippen LogP contribution in [0.25, 0.3) is 0 Å². The third-order valence-electron chi connectivity index (χ3n) is 4.42. The Morgan fingerprint density at radius 1 is 1.26 bits per heavy atom. The average molecular weight is 318 g/mol. The quantitative estimate of drug-likeness (QED) is 0.777. The van der Waals surface area contributed by atoms with Crippen molar-refractivity contribution in [2.24, 2.45) is 5.92 Å². The summed E-state index contributed by atoms with van der Waals surface area (Å²) in [6.07, 6.45) is 0.224. The van der Waals surface area contributed by atoms with Gasteiger partial charge in [0.2, 0.25) is 5.91 Å². The summed E-state index contributed by atoms with van der Waals surface area (Å²) >= 11 is 0. The van der Waals surface area contributed by atoms with E-state index in [1.54, 1.807) is 4.90 Å². The van der Waals surface area contributed by atoms with Crippen molar-refractivity contribution < 1.29 is 19.1 Å². The number of carbonyl (C=O) groups excluding carboxylic acids is 2. The van der Waals surface area contributed by atoms with Gasteiger partial charge in [-0.1, -0.05) is 12.1 Å². The number of benzene rings is 1. The smallest absolute Gasteiger partial charge is 0.311 e. The Kier molecular flexibility index (Phi) is 4.93. The van der Waals surface area contributed by atoms with Gasteiger partial charge in [-0.2, -0.15) is 0 Å². The molecule has 0 N–H and O–H groups in total. The number of methoxy groups -OCH3 is 1. The maximum Gasteiger partial charge on any atom is 0.311 e. The zero-order valence-corrected chi connectivity index (χ0v) is 13.4. The minimum Gasteiger partial charge on any atom is -0.469 e. The monoisotopic (exact) mass is 318 g/mol. The second-order valence-electron chi connectivity index (χ2n) is 5.98. The maximum absolute atomic E-state index is 12.1. The lowest BCUT2D eigenvalue weighted by molar-refractivity contribution is -0.145. The molecule has 2 aliphatic heterocycles. The third kappa shape index (κ3) is 3.71. The molecule has 2 heterocycles. The minimum absolute atomic E-state index is 0.0265. The van der Waals surface area contributed by atoms with Crippen LogP contribution < -0.4 is 4.90 Å². The lowest BCUT2D eigenvalue weighted by Gasteiger charge is -2.26. The summed E-state index contributed by atoms with van der Waals surface area (Å²) in [5.41, 5.74) is 2.05. The van der Waals surface area contributed by atoms with Crippen molar-refractivity contribution in [3.63, 3.8) is 0 Å². The van der Waals surface area contributed by atoms with Gasteiger partial charge in [-0.05, 0) is 17.7 Å². The fraction of sp³-hybridized carbons (Fsp3) is 0.529. The molecule has 1 atom stereocenters. The molecule has 1 aromatic carbocycles. The molecule has 2 saturated heterocycles. The number of ether oxygens (including phenoxy) is 2. The molecular formula is C17H22N2O4. The van der Waals surface area contributed by atoms with Gasteiger partial charge >= 0.3 is 5.97 Å². The summed E-state index contributed by atoms with van der Waals surface area (Å²) in [4.78, 5) is 27.7. The lowest BCUT2D eigenvalue weighted by Crippen LogP contribution is -2.35. The molecule has 6 nitrogen and oxygen atoms in total. The van der Waals surface area contributed by atoms with Gasteiger partial charge in [0.05, 0.1) is 26.2 Å². The fourth-order valence-electron chi connectivity index (χ4n) is 3.08. The zero-order chi connectivity index (χ0) is 16.2. The minimum atomic E-state index is -0.361. The summed E-state index contributed by atoms with van der Waals surface area (Å²) in [6.45, 7) is 4.77. The van der Waals surface area contributed by atoms with Crippen molar-refractivity contribution in [1.82, 2.24) is 4.90 Å². The molecule has 3 rings (SSSR count). The largest absolute Gasteiger partial charge is 0.469 e. The molecule has 0 spiro atoms. The van der Waals surface area contributed by atoms with E-state index in [-0.39, 0.29) is 24.2 Å². The van der Waals surface area contributed by atoms with Crippen molar-refractivity contribution in [2.75, 3.05) is 44.9 Å². The van der Waals surface area contributed by atoms with Gasteiger partial charge in [-0.3, -0.25) is 14.5 Å². The number of nitrogens with zero attached hydrogens (tertiary/aromatic N) is 2. The number of morpholine rings is 1. The summed E-state index contributed by atoms with van der Waals surface area (Å²) in [5, 5.41) is 0. The maximum atomic E-state index is 12.1. The van der Waals surface area contributed by atoms with E-state index >= 15 is 0 Å². The highest BCUT2D eigenvalue weighted by atomic mass is 16.5. The molecule has 0 aromatic heterocycles. The van der Waals surface area contributed by atoms with Crippen LogP contribution in [0, 0.1) is 5.92 Å². The van der Waals surface area contributed by atoms with Crippen molar-refractivity contribution in [1.29, 1.82) is 0 Å². The Labute approximate surface area is 136 Å². The fourth-order valence-corrected chi connectivity index (χ4v) is 3.08. The molecule has 2 fully saturated rings. The average Bonchev–Trinajstić information content (AvgIpc) is 2.98. The Bertz CT molecular complexity index is 566. The predicted molar refractivity (Wildman–Crippen MR) is 85.0 cm³/mol. The SMILES string of the molecule is COC(=O)[C@@H]1CC(=O)N(c2ccc(CN3CCOCC3)cc2)C1. The molecule has 6 heteroatoms. The first kappa shape index (κ1) is 16.0. The standard InChI is InChI=1S/C17H22N2O4/c1-22-17(21)14-10-16(20)19(12-14)15-4-2-13(3-5-15)11-18-6-8-23-9-7-18/h2-5,14H,6-12H2,1H3/t14-/m1/s1. The highest BCUT2D eigenvalue weighted by molar-refractivity contribution is 5.99. The highest BCUT2D eigenvalue weighted by Crippen LogP contribution is 2.26. The third-order valence-corrected chi connectivity index (χ3v) is 4.42. The Hall–Kier alpha value is -1.92. The molecule has 0 unspecified atom stereocenters. The lowest BCUT2D eigenvalue weighted by atomic mass is 10.1. The second kappa shape index (κ2) is 7.10. The Balaban J connectivity index is 1.62. The normalized spacial score (nSPS) is 22.4. The molecule has 23 heavy (non-hydrogen) atoms. The Morgan fingerprint density at radius 3 is 2.61 bits per heavy atom. The number of hydrogen-bond acceptors (Lipinski definition) is 5. The first-order chi connectivity index (χ1) is 11.2. The van der Waals surface area contributed by atoms with Crippen molar-refractivity contribution in [2.45, 2.75) is 13.0 Å². The van der Waals surface area contributed by atoms with Crippen LogP contribution in [0.5, 0.6) is 0 Å². The van der Waals surface area contributed by atoms with Crippen LogP contribution in [0.15, 0.2) is 24.3 Å². The summed E-state index contributed by atoms with van der Waals surface area (Å²) in [6, 6.07) is 7.99. The second-order valence-corrected chi connectivity index (χ2v) is 5.98. The topological polar surface area (TPSA) is 59.1 Å². The molecular weight excluding hydrogens is 296 g/mol. The summed E-state index contributed by atoms with van der Waals surface area (Å²) < 4.78 is 10.1. The van der Waals surface area contributed by atoms with Crippen LogP contribution in [0.4, 0.5) is 5.69 Å². The molecule has 1 amide bonds. The number of amides is 1. The van der Waals surface area contributed by atoms with E-state index in [2.05, 4.69) is 4.90 Å². The first-order valence-electron chi connectivity index (χ1n) is 7.94. The van der Waals surface area contributed by atoms with Crippen molar-refractivity contribution in [3.8, 4) is 0 Å². The molecule has 0 bridgehead atoms. The van der Waals surface area contributed by atoms with E-state index in [4.69, 9.17) is 9.47 Å². The van der Waals surface area contributed by atoms with Gasteiger partial charge in [0, 0.05) is 38.3 Å². The van der Waals surface area contributed by atoms with Crippen LogP contribution in [0.2, 0.25) is 0 Å². The van der Waals surface area contributed by atoms with Crippen LogP contribution in [0.1, 0.15) is 12.0 Å². The Morgan fingerprint density at radius 2 is 1.96 bits per heavy atom. The predicted octanol–water partition coefficient (Wildman–Crippen LogP) is 1.04. The van der Waals surface area contributed by atoms with Crippen molar-refractivity contribution in [3.05, 3.63) is 29.8 Å². The summed E-state index contributed by atoms with van der Waals surface area (Å²) in [7, 11) is 1.36. The van der Waals surface area contributed by atoms with Crippen LogP contribution >= 0.6 is 0 Å². The molecule has 0 aliphatic carbocycles. The molecule has 2 aliphatic rings. The highest BCUT2D eigenvalue weighted by Gasteiger charge is 2.35. The van der Waals surface area contributed by atoms with E-state index in [1.807, 2.05) is 24.3 Å². The van der Waals surface area contributed by atoms with E-state index in [9.17, 15) is 9.59 Å². The number of rotatable bonds is 4. The number of hydrogen-bond donors (Lipinski definition) is 0. The van der Waals surface area contributed by atoms with E-state index in [0.29, 0.717) is 6.54 Å². The molecule has 1 aromatic rings. The number of esters is 1.